The lowest BCUT2D eigenvalue weighted by molar-refractivity contribution is 0.567. The second-order valence-electron chi connectivity index (χ2n) is 6.94. The van der Waals surface area contributed by atoms with Crippen LogP contribution in [0, 0.1) is 13.8 Å². The summed E-state index contributed by atoms with van der Waals surface area (Å²) in [5.74, 6) is 0.421. The Labute approximate surface area is 160 Å². The van der Waals surface area contributed by atoms with Crippen LogP contribution in [0.15, 0.2) is 53.3 Å². The quantitative estimate of drug-likeness (QED) is 0.495. The lowest BCUT2D eigenvalue weighted by Crippen LogP contribution is -2.29. The summed E-state index contributed by atoms with van der Waals surface area (Å²) >= 11 is 0. The molecular weight excluding hydrogens is 354 g/mol. The van der Waals surface area contributed by atoms with Gasteiger partial charge in [-0.15, -0.1) is 0 Å². The van der Waals surface area contributed by atoms with E-state index in [-0.39, 0.29) is 11.6 Å². The highest BCUT2D eigenvalue weighted by atomic mass is 16.1. The number of nitrogens with one attached hydrogen (secondary N) is 2. The van der Waals surface area contributed by atoms with Gasteiger partial charge in [0.2, 0.25) is 5.95 Å². The van der Waals surface area contributed by atoms with Gasteiger partial charge in [0, 0.05) is 11.1 Å². The number of tetrazole rings is 1. The van der Waals surface area contributed by atoms with Gasteiger partial charge in [-0.3, -0.25) is 4.79 Å². The van der Waals surface area contributed by atoms with Crippen LogP contribution < -0.4 is 10.9 Å². The van der Waals surface area contributed by atoms with E-state index < -0.39 is 0 Å². The first kappa shape index (κ1) is 16.4. The first-order valence-corrected chi connectivity index (χ1v) is 8.93. The van der Waals surface area contributed by atoms with Gasteiger partial charge in [-0.05, 0) is 29.8 Å². The van der Waals surface area contributed by atoms with Crippen molar-refractivity contribution in [3.8, 4) is 11.3 Å². The summed E-state index contributed by atoms with van der Waals surface area (Å²) in [6.07, 6.45) is 0. The standard InChI is InChI=1S/C20H17N7O/c1-11-3-7-13(8-4-11)16-15-17(19(28)23-22-16)21-20-24-25-26-27(20)18(15)14-9-5-12(2)6-10-14/h3-10,18H,1-2H3,(H,23,28)(H,21,24,26)/t18-/m1/s1. The molecule has 1 aliphatic heterocycles. The number of aryl methyl sites for hydroxylation is 2. The topological polar surface area (TPSA) is 101 Å². The van der Waals surface area contributed by atoms with Gasteiger partial charge in [-0.2, -0.15) is 9.78 Å². The average Bonchev–Trinajstić information content (AvgIpc) is 3.17. The molecule has 3 heterocycles. The molecule has 1 atom stereocenters. The van der Waals surface area contributed by atoms with Crippen LogP contribution in [0.3, 0.4) is 0 Å². The zero-order chi connectivity index (χ0) is 19.3. The van der Waals surface area contributed by atoms with Crippen LogP contribution in [-0.2, 0) is 0 Å². The predicted octanol–water partition coefficient (Wildman–Crippen LogP) is 2.73. The third-order valence-electron chi connectivity index (χ3n) is 4.99. The van der Waals surface area contributed by atoms with Crippen molar-refractivity contribution in [3.05, 3.63) is 81.1 Å². The van der Waals surface area contributed by atoms with Gasteiger partial charge >= 0.3 is 0 Å². The SMILES string of the molecule is Cc1ccc(-c2n[nH]c(=O)c3c2[C@@H](c2ccc(C)cc2)n2nnnc2N3)cc1. The van der Waals surface area contributed by atoms with E-state index in [0.717, 1.165) is 27.8 Å². The van der Waals surface area contributed by atoms with Gasteiger partial charge < -0.3 is 5.32 Å². The molecule has 5 rings (SSSR count). The van der Waals surface area contributed by atoms with E-state index in [0.29, 0.717) is 17.3 Å². The summed E-state index contributed by atoms with van der Waals surface area (Å²) < 4.78 is 1.69. The molecule has 8 nitrogen and oxygen atoms in total. The van der Waals surface area contributed by atoms with Crippen LogP contribution in [0.4, 0.5) is 11.6 Å². The number of aromatic amines is 1. The Morgan fingerprint density at radius 1 is 0.964 bits per heavy atom. The van der Waals surface area contributed by atoms with Crippen molar-refractivity contribution in [1.29, 1.82) is 0 Å². The van der Waals surface area contributed by atoms with E-state index in [1.54, 1.807) is 4.68 Å². The number of nitrogens with zero attached hydrogens (tertiary/aromatic N) is 5. The molecule has 0 saturated heterocycles. The van der Waals surface area contributed by atoms with Crippen LogP contribution >= 0.6 is 0 Å². The van der Waals surface area contributed by atoms with Crippen LogP contribution in [0.2, 0.25) is 0 Å². The molecule has 1 aliphatic rings. The van der Waals surface area contributed by atoms with Gasteiger partial charge in [0.05, 0.1) is 5.69 Å². The molecule has 0 amide bonds. The molecule has 2 N–H and O–H groups in total. The number of hydrogen-bond donors (Lipinski definition) is 2. The van der Waals surface area contributed by atoms with Crippen LogP contribution in [0.1, 0.15) is 28.3 Å². The zero-order valence-electron chi connectivity index (χ0n) is 15.3. The molecule has 0 fully saturated rings. The molecule has 0 unspecified atom stereocenters. The van der Waals surface area contributed by atoms with Crippen molar-refractivity contribution in [2.24, 2.45) is 0 Å². The molecule has 2 aromatic heterocycles. The van der Waals surface area contributed by atoms with E-state index in [1.807, 2.05) is 62.4 Å². The monoisotopic (exact) mass is 371 g/mol. The molecular formula is C20H17N7O. The number of anilines is 2. The Morgan fingerprint density at radius 3 is 2.36 bits per heavy atom. The molecule has 0 radical (unpaired) electrons. The fraction of sp³-hybridized carbons (Fsp3) is 0.150. The maximum Gasteiger partial charge on any atom is 0.288 e. The summed E-state index contributed by atoms with van der Waals surface area (Å²) in [5.41, 5.74) is 5.73. The lowest BCUT2D eigenvalue weighted by atomic mass is 9.92. The molecule has 2 aromatic carbocycles. The fourth-order valence-corrected chi connectivity index (χ4v) is 3.53. The Kier molecular flexibility index (Phi) is 3.58. The number of benzene rings is 2. The summed E-state index contributed by atoms with van der Waals surface area (Å²) in [6, 6.07) is 15.8. The second-order valence-corrected chi connectivity index (χ2v) is 6.94. The van der Waals surface area contributed by atoms with E-state index in [9.17, 15) is 4.79 Å². The van der Waals surface area contributed by atoms with Gasteiger partial charge in [-0.1, -0.05) is 64.8 Å². The zero-order valence-corrected chi connectivity index (χ0v) is 15.3. The predicted molar refractivity (Wildman–Crippen MR) is 105 cm³/mol. The van der Waals surface area contributed by atoms with Crippen LogP contribution in [0.5, 0.6) is 0 Å². The molecule has 8 heteroatoms. The smallest absolute Gasteiger partial charge is 0.288 e. The number of hydrogen-bond acceptors (Lipinski definition) is 6. The first-order chi connectivity index (χ1) is 13.6. The number of rotatable bonds is 2. The molecule has 0 bridgehead atoms. The summed E-state index contributed by atoms with van der Waals surface area (Å²) in [4.78, 5) is 12.6. The molecule has 4 aromatic rings. The van der Waals surface area contributed by atoms with Crippen molar-refractivity contribution < 1.29 is 0 Å². The highest BCUT2D eigenvalue weighted by molar-refractivity contribution is 5.75. The van der Waals surface area contributed by atoms with Gasteiger partial charge in [0.25, 0.3) is 5.56 Å². The highest BCUT2D eigenvalue weighted by Gasteiger charge is 2.34. The fourth-order valence-electron chi connectivity index (χ4n) is 3.53. The van der Waals surface area contributed by atoms with Crippen molar-refractivity contribution in [1.82, 2.24) is 30.4 Å². The third-order valence-corrected chi connectivity index (χ3v) is 4.99. The third kappa shape index (κ3) is 2.50. The van der Waals surface area contributed by atoms with Gasteiger partial charge in [-0.25, -0.2) is 5.10 Å². The highest BCUT2D eigenvalue weighted by Crippen LogP contribution is 2.40. The van der Waals surface area contributed by atoms with E-state index in [2.05, 4.69) is 31.0 Å². The maximum atomic E-state index is 12.6. The minimum absolute atomic E-state index is 0.308. The molecule has 0 aliphatic carbocycles. The van der Waals surface area contributed by atoms with Crippen molar-refractivity contribution in [2.45, 2.75) is 19.9 Å². The van der Waals surface area contributed by atoms with Gasteiger partial charge in [0.1, 0.15) is 11.7 Å². The lowest BCUT2D eigenvalue weighted by Gasteiger charge is -2.27. The Bertz CT molecular complexity index is 1220. The molecule has 138 valence electrons. The van der Waals surface area contributed by atoms with Crippen molar-refractivity contribution in [2.75, 3.05) is 5.32 Å². The largest absolute Gasteiger partial charge is 0.318 e. The van der Waals surface area contributed by atoms with Crippen molar-refractivity contribution in [3.63, 3.8) is 0 Å². The summed E-state index contributed by atoms with van der Waals surface area (Å²) in [7, 11) is 0. The van der Waals surface area contributed by atoms with Crippen LogP contribution in [-0.4, -0.2) is 30.4 Å². The number of fused-ring (bicyclic) bond motifs is 2. The number of aromatic nitrogens is 6. The maximum absolute atomic E-state index is 12.6. The van der Waals surface area contributed by atoms with E-state index in [4.69, 9.17) is 0 Å². The average molecular weight is 371 g/mol. The normalized spacial score (nSPS) is 14.9. The van der Waals surface area contributed by atoms with Crippen LogP contribution in [0.25, 0.3) is 11.3 Å². The van der Waals surface area contributed by atoms with Gasteiger partial charge in [0.15, 0.2) is 0 Å². The summed E-state index contributed by atoms with van der Waals surface area (Å²) in [6.45, 7) is 4.07. The Hall–Kier alpha value is -3.81. The minimum atomic E-state index is -0.368. The molecule has 28 heavy (non-hydrogen) atoms. The first-order valence-electron chi connectivity index (χ1n) is 8.93. The van der Waals surface area contributed by atoms with E-state index in [1.165, 1.54) is 0 Å². The molecule has 0 saturated carbocycles. The Balaban J connectivity index is 1.81. The van der Waals surface area contributed by atoms with Crippen molar-refractivity contribution >= 4 is 11.6 Å². The minimum Gasteiger partial charge on any atom is -0.318 e. The number of H-pyrrole nitrogens is 1. The second kappa shape index (κ2) is 6.12. The Morgan fingerprint density at radius 2 is 1.64 bits per heavy atom. The van der Waals surface area contributed by atoms with E-state index >= 15 is 0 Å². The molecule has 0 spiro atoms. The summed E-state index contributed by atoms with van der Waals surface area (Å²) in [5, 5.41) is 22.0.